The normalized spacial score (nSPS) is 15.4. The first-order valence-corrected chi connectivity index (χ1v) is 11.5. The van der Waals surface area contributed by atoms with Crippen LogP contribution in [0.1, 0.15) is 25.7 Å². The van der Waals surface area contributed by atoms with Crippen LogP contribution in [-0.2, 0) is 0 Å². The third-order valence-corrected chi connectivity index (χ3v) is 6.10. The topological polar surface area (TPSA) is 64.3 Å². The van der Waals surface area contributed by atoms with Gasteiger partial charge in [0.15, 0.2) is 0 Å². The van der Waals surface area contributed by atoms with Crippen LogP contribution in [0.25, 0.3) is 29.2 Å². The second-order valence-electron chi connectivity index (χ2n) is 8.61. The van der Waals surface area contributed by atoms with Crippen molar-refractivity contribution in [1.29, 1.82) is 0 Å². The molecule has 1 fully saturated rings. The number of benzene rings is 2. The summed E-state index contributed by atoms with van der Waals surface area (Å²) in [6, 6.07) is 14.8. The van der Waals surface area contributed by atoms with Crippen molar-refractivity contribution < 1.29 is 9.13 Å². The number of hydrogen-bond acceptors (Lipinski definition) is 5. The number of hydrogen-bond donors (Lipinski definition) is 1. The molecule has 0 spiro atoms. The van der Waals surface area contributed by atoms with E-state index in [0.29, 0.717) is 11.9 Å². The molecule has 2 aromatic rings. The Balaban J connectivity index is 1.59. The first-order valence-electron chi connectivity index (χ1n) is 11.5. The van der Waals surface area contributed by atoms with Gasteiger partial charge in [-0.05, 0) is 68.1 Å². The first kappa shape index (κ1) is 20.6. The number of aromatic nitrogens is 3. The molecule has 1 aromatic heterocycles. The molecule has 1 aromatic carbocycles. The minimum atomic E-state index is -0.254. The van der Waals surface area contributed by atoms with Gasteiger partial charge >= 0.3 is 0 Å². The molecule has 1 aliphatic heterocycles. The van der Waals surface area contributed by atoms with Gasteiger partial charge in [-0.2, -0.15) is 0 Å². The lowest BCUT2D eigenvalue weighted by molar-refractivity contribution is 0.398. The lowest BCUT2D eigenvalue weighted by atomic mass is 10.1. The van der Waals surface area contributed by atoms with Gasteiger partial charge < -0.3 is 14.6 Å². The molecule has 2 heterocycles. The smallest absolute Gasteiger partial charge is 0.213 e. The highest BCUT2D eigenvalue weighted by Crippen LogP contribution is 2.27. The number of nitrogens with zero attached hydrogens (tertiary/aromatic N) is 4. The van der Waals surface area contributed by atoms with Gasteiger partial charge in [-0.25, -0.2) is 14.4 Å². The van der Waals surface area contributed by atoms with E-state index in [9.17, 15) is 4.39 Å². The molecule has 6 nitrogen and oxygen atoms in total. The number of halogens is 1. The van der Waals surface area contributed by atoms with E-state index in [1.807, 2.05) is 30.3 Å². The molecule has 0 saturated heterocycles. The molecule has 1 N–H and O–H groups in total. The van der Waals surface area contributed by atoms with Crippen LogP contribution in [0.4, 0.5) is 15.8 Å². The number of anilines is 2. The Kier molecular flexibility index (Phi) is 5.09. The molecule has 0 amide bonds. The number of ether oxygens (including phenoxy) is 1. The lowest BCUT2D eigenvalue weighted by Gasteiger charge is -2.20. The van der Waals surface area contributed by atoms with Crippen molar-refractivity contribution in [2.24, 2.45) is 4.99 Å². The molecule has 6 rings (SSSR count). The van der Waals surface area contributed by atoms with Crippen LogP contribution in [0, 0.1) is 5.82 Å². The average molecular weight is 454 g/mol. The number of pyridine rings is 1. The fourth-order valence-electron chi connectivity index (χ4n) is 4.26. The van der Waals surface area contributed by atoms with Crippen LogP contribution < -0.4 is 26.1 Å². The monoisotopic (exact) mass is 453 g/mol. The van der Waals surface area contributed by atoms with Gasteiger partial charge in [0.05, 0.1) is 58.2 Å². The molecule has 0 unspecified atom stereocenters. The molecule has 1 saturated carbocycles. The molecule has 34 heavy (non-hydrogen) atoms. The summed E-state index contributed by atoms with van der Waals surface area (Å²) in [5.74, 6) is 0.309. The molecular weight excluding hydrogens is 429 g/mol. The molecule has 0 radical (unpaired) electrons. The van der Waals surface area contributed by atoms with Crippen molar-refractivity contribution >= 4 is 23.5 Å². The van der Waals surface area contributed by atoms with Gasteiger partial charge in [0.1, 0.15) is 5.82 Å². The van der Waals surface area contributed by atoms with Crippen molar-refractivity contribution in [3.8, 4) is 23.0 Å². The van der Waals surface area contributed by atoms with E-state index in [0.717, 1.165) is 70.2 Å². The fourth-order valence-corrected chi connectivity index (χ4v) is 4.26. The van der Waals surface area contributed by atoms with E-state index in [1.165, 1.54) is 12.1 Å². The summed E-state index contributed by atoms with van der Waals surface area (Å²) in [6.45, 7) is 0. The second kappa shape index (κ2) is 8.41. The number of nitrogens with one attached hydrogen (secondary N) is 1. The quantitative estimate of drug-likeness (QED) is 0.501. The van der Waals surface area contributed by atoms with Crippen LogP contribution in [0.3, 0.4) is 0 Å². The fraction of sp³-hybridized carbons (Fsp3) is 0.222. The number of methoxy groups -OCH3 is 1. The van der Waals surface area contributed by atoms with E-state index in [4.69, 9.17) is 14.7 Å². The summed E-state index contributed by atoms with van der Waals surface area (Å²) in [4.78, 5) is 14.3. The van der Waals surface area contributed by atoms with E-state index in [-0.39, 0.29) is 5.82 Å². The van der Waals surface area contributed by atoms with Crippen LogP contribution in [0.15, 0.2) is 59.7 Å². The third kappa shape index (κ3) is 3.94. The maximum absolute atomic E-state index is 13.7. The van der Waals surface area contributed by atoms with E-state index in [1.54, 1.807) is 13.3 Å². The van der Waals surface area contributed by atoms with E-state index in [2.05, 4.69) is 33.1 Å². The van der Waals surface area contributed by atoms with Gasteiger partial charge in [-0.15, -0.1) is 0 Å². The van der Waals surface area contributed by atoms with Crippen LogP contribution in [0.5, 0.6) is 5.88 Å². The van der Waals surface area contributed by atoms with Crippen LogP contribution >= 0.6 is 0 Å². The third-order valence-electron chi connectivity index (χ3n) is 6.10. The zero-order valence-electron chi connectivity index (χ0n) is 18.8. The zero-order chi connectivity index (χ0) is 23.1. The summed E-state index contributed by atoms with van der Waals surface area (Å²) in [6.07, 6.45) is 10.2. The SMILES string of the molecule is COc1ccc(Nc2cc3nc4c(n(-c5ccc(F)cc5)c-3c/c2=N\C2CC2)=CCCC=4)cn1. The standard InChI is InChI=1S/C27H24FN5O/c1-34-27-13-10-19(16-29-27)31-22-14-24-26(15-23(22)30-18-8-9-18)33(20-11-6-17(28)7-12-20)25-5-3-2-4-21(25)32-24/h4-7,10-16,18,31H,2-3,8-9H2,1H3/b30-23+. The molecule has 0 bridgehead atoms. The molecule has 170 valence electrons. The van der Waals surface area contributed by atoms with Crippen molar-refractivity contribution in [3.63, 3.8) is 0 Å². The molecule has 7 heteroatoms. The maximum Gasteiger partial charge on any atom is 0.213 e. The Morgan fingerprint density at radius 3 is 2.62 bits per heavy atom. The zero-order valence-corrected chi connectivity index (χ0v) is 18.8. The molecule has 0 atom stereocenters. The van der Waals surface area contributed by atoms with Crippen LogP contribution in [-0.4, -0.2) is 27.7 Å². The summed E-state index contributed by atoms with van der Waals surface area (Å²) in [5.41, 5.74) is 4.40. The summed E-state index contributed by atoms with van der Waals surface area (Å²) < 4.78 is 21.0. The number of fused-ring (bicyclic) bond motifs is 2. The van der Waals surface area contributed by atoms with E-state index >= 15 is 0 Å². The summed E-state index contributed by atoms with van der Waals surface area (Å²) >= 11 is 0. The van der Waals surface area contributed by atoms with Crippen molar-refractivity contribution in [1.82, 2.24) is 14.5 Å². The highest BCUT2D eigenvalue weighted by atomic mass is 19.1. The average Bonchev–Trinajstić information content (AvgIpc) is 3.68. The molecular formula is C27H24FN5O. The maximum atomic E-state index is 13.7. The van der Waals surface area contributed by atoms with Crippen LogP contribution in [0.2, 0.25) is 0 Å². The Labute approximate surface area is 196 Å². The Morgan fingerprint density at radius 1 is 1.06 bits per heavy atom. The van der Waals surface area contributed by atoms with Gasteiger partial charge in [0.25, 0.3) is 0 Å². The van der Waals surface area contributed by atoms with Crippen molar-refractivity contribution in [3.05, 3.63) is 76.6 Å². The number of rotatable bonds is 5. The van der Waals surface area contributed by atoms with Crippen molar-refractivity contribution in [2.45, 2.75) is 31.7 Å². The second-order valence-corrected chi connectivity index (χ2v) is 8.61. The minimum absolute atomic E-state index is 0.254. The summed E-state index contributed by atoms with van der Waals surface area (Å²) in [5, 5.41) is 6.31. The Hall–Kier alpha value is -4.00. The Morgan fingerprint density at radius 2 is 1.88 bits per heavy atom. The predicted molar refractivity (Wildman–Crippen MR) is 130 cm³/mol. The molecule has 4 aliphatic rings. The first-order chi connectivity index (χ1) is 16.7. The van der Waals surface area contributed by atoms with Gasteiger partial charge in [0.2, 0.25) is 5.88 Å². The van der Waals surface area contributed by atoms with Gasteiger partial charge in [-0.1, -0.05) is 12.2 Å². The minimum Gasteiger partial charge on any atom is -0.481 e. The highest BCUT2D eigenvalue weighted by molar-refractivity contribution is 5.70. The largest absolute Gasteiger partial charge is 0.481 e. The lowest BCUT2D eigenvalue weighted by Crippen LogP contribution is -2.40. The Bertz CT molecular complexity index is 1520. The van der Waals surface area contributed by atoms with Gasteiger partial charge in [-0.3, -0.25) is 4.99 Å². The van der Waals surface area contributed by atoms with Gasteiger partial charge in [0, 0.05) is 11.8 Å². The van der Waals surface area contributed by atoms with Crippen molar-refractivity contribution in [2.75, 3.05) is 12.4 Å². The highest BCUT2D eigenvalue weighted by Gasteiger charge is 2.21. The van der Waals surface area contributed by atoms with E-state index < -0.39 is 0 Å². The molecule has 3 aliphatic carbocycles. The predicted octanol–water partition coefficient (Wildman–Crippen LogP) is 3.68. The summed E-state index contributed by atoms with van der Waals surface area (Å²) in [7, 11) is 1.60.